The number of nitrogens with one attached hydrogen (secondary N) is 1. The highest BCUT2D eigenvalue weighted by Gasteiger charge is 2.55. The summed E-state index contributed by atoms with van der Waals surface area (Å²) < 4.78 is 39.0. The maximum atomic E-state index is 13.1. The Kier molecular flexibility index (Phi) is 10.6. The van der Waals surface area contributed by atoms with Crippen molar-refractivity contribution in [3.05, 3.63) is 12.2 Å². The van der Waals surface area contributed by atoms with Crippen molar-refractivity contribution >= 4 is 40.7 Å². The summed E-state index contributed by atoms with van der Waals surface area (Å²) >= 11 is 1.45. The van der Waals surface area contributed by atoms with E-state index in [1.807, 2.05) is 33.8 Å². The lowest BCUT2D eigenvalue weighted by atomic mass is 9.88. The normalized spacial score (nSPS) is 34.1. The summed E-state index contributed by atoms with van der Waals surface area (Å²) in [7, 11) is -1.46. The number of carbonyl (C=O) groups excluding carboxylic acids is 3. The quantitative estimate of drug-likeness (QED) is 0.332. The molecule has 0 saturated carbocycles. The van der Waals surface area contributed by atoms with E-state index in [0.717, 1.165) is 12.8 Å². The number of hydrogen-bond acceptors (Lipinski definition) is 9. The van der Waals surface area contributed by atoms with Gasteiger partial charge in [-0.3, -0.25) is 14.4 Å². The molecule has 0 aliphatic carbocycles. The molecule has 9 nitrogen and oxygen atoms in total. The number of ether oxygens (including phenoxy) is 4. The lowest BCUT2D eigenvalue weighted by molar-refractivity contribution is -0.236. The average molecular weight is 520 g/mol. The van der Waals surface area contributed by atoms with Crippen LogP contribution in [0.4, 0.5) is 0 Å². The number of esters is 3. The van der Waals surface area contributed by atoms with Crippen molar-refractivity contribution in [1.82, 2.24) is 4.72 Å². The van der Waals surface area contributed by atoms with Crippen LogP contribution in [-0.2, 0) is 44.3 Å². The second-order valence-corrected chi connectivity index (χ2v) is 12.7. The smallest absolute Gasteiger partial charge is 0.303 e. The maximum Gasteiger partial charge on any atom is 0.303 e. The first kappa shape index (κ1) is 28.8. The second kappa shape index (κ2) is 12.5. The number of rotatable bonds is 5. The van der Waals surface area contributed by atoms with E-state index >= 15 is 0 Å². The van der Waals surface area contributed by atoms with Crippen molar-refractivity contribution in [2.45, 2.75) is 102 Å². The second-order valence-electron chi connectivity index (χ2n) is 9.52. The van der Waals surface area contributed by atoms with E-state index in [0.29, 0.717) is 5.75 Å². The molecule has 0 spiro atoms. The van der Waals surface area contributed by atoms with Crippen LogP contribution in [0.2, 0.25) is 0 Å². The van der Waals surface area contributed by atoms with Gasteiger partial charge in [0.05, 0.1) is 21.8 Å². The third-order valence-electron chi connectivity index (χ3n) is 5.39. The highest BCUT2D eigenvalue weighted by molar-refractivity contribution is 7.99. The SMILES string of the molecule is CC(=O)O[C@@H]1[C@H](OC(C)=O)[C@@H](OC(C)=O)[C@@H]2O[C@@H]1[C@H](N[S@](=O)C(C)(C)C)[C@H](C)/C=C\CCCS2. The predicted octanol–water partition coefficient (Wildman–Crippen LogP) is 2.65. The lowest BCUT2D eigenvalue weighted by Gasteiger charge is -2.47. The Morgan fingerprint density at radius 1 is 1.00 bits per heavy atom. The van der Waals surface area contributed by atoms with Gasteiger partial charge in [-0.15, -0.1) is 11.8 Å². The Morgan fingerprint density at radius 2 is 1.56 bits per heavy atom. The third-order valence-corrected chi connectivity index (χ3v) is 8.22. The van der Waals surface area contributed by atoms with Gasteiger partial charge in [-0.25, -0.2) is 8.93 Å². The highest BCUT2D eigenvalue weighted by Crippen LogP contribution is 2.37. The first-order valence-electron chi connectivity index (χ1n) is 11.4. The average Bonchev–Trinajstić information content (AvgIpc) is 2.72. The Hall–Kier alpha value is -1.43. The number of allylic oxidation sites excluding steroid dienone is 1. The van der Waals surface area contributed by atoms with Crippen LogP contribution >= 0.6 is 11.8 Å². The largest absolute Gasteiger partial charge is 0.456 e. The molecule has 11 heteroatoms. The van der Waals surface area contributed by atoms with Gasteiger partial charge in [0.1, 0.15) is 11.5 Å². The molecule has 0 amide bonds. The fraction of sp³-hybridized carbons (Fsp3) is 0.783. The minimum absolute atomic E-state index is 0.165. The Morgan fingerprint density at radius 3 is 2.12 bits per heavy atom. The zero-order chi connectivity index (χ0) is 25.6. The molecule has 0 radical (unpaired) electrons. The molecule has 2 aliphatic rings. The van der Waals surface area contributed by atoms with Crippen molar-refractivity contribution in [1.29, 1.82) is 0 Å². The first-order chi connectivity index (χ1) is 15.8. The van der Waals surface area contributed by atoms with Crippen LogP contribution in [0.25, 0.3) is 0 Å². The fourth-order valence-corrected chi connectivity index (χ4v) is 5.95. The Bertz CT molecular complexity index is 796. The molecule has 194 valence electrons. The zero-order valence-electron chi connectivity index (χ0n) is 20.9. The summed E-state index contributed by atoms with van der Waals surface area (Å²) in [5, 5.41) is 0. The summed E-state index contributed by atoms with van der Waals surface area (Å²) in [5.74, 6) is -1.23. The first-order valence-corrected chi connectivity index (χ1v) is 13.6. The summed E-state index contributed by atoms with van der Waals surface area (Å²) in [5.41, 5.74) is -0.678. The van der Waals surface area contributed by atoms with E-state index in [4.69, 9.17) is 18.9 Å². The van der Waals surface area contributed by atoms with Crippen molar-refractivity contribution in [2.24, 2.45) is 5.92 Å². The van der Waals surface area contributed by atoms with Crippen molar-refractivity contribution in [3.8, 4) is 0 Å². The number of thioether (sulfide) groups is 1. The molecule has 2 bridgehead atoms. The van der Waals surface area contributed by atoms with Gasteiger partial charge in [0.15, 0.2) is 18.3 Å². The molecule has 2 rings (SSSR count). The number of hydrogen-bond donors (Lipinski definition) is 1. The molecule has 0 aromatic heterocycles. The van der Waals surface area contributed by atoms with E-state index in [1.165, 1.54) is 32.5 Å². The van der Waals surface area contributed by atoms with E-state index < -0.39 is 69.5 Å². The molecular weight excluding hydrogens is 482 g/mol. The van der Waals surface area contributed by atoms with E-state index in [1.54, 1.807) is 0 Å². The van der Waals surface area contributed by atoms with Gasteiger partial charge < -0.3 is 18.9 Å². The number of fused-ring (bicyclic) bond motifs is 2. The van der Waals surface area contributed by atoms with E-state index in [9.17, 15) is 18.6 Å². The topological polar surface area (TPSA) is 117 Å². The maximum absolute atomic E-state index is 13.1. The minimum atomic E-state index is -1.46. The van der Waals surface area contributed by atoms with E-state index in [2.05, 4.69) is 10.8 Å². The summed E-state index contributed by atoms with van der Waals surface area (Å²) in [4.78, 5) is 36.1. The van der Waals surface area contributed by atoms with Gasteiger partial charge in [0.25, 0.3) is 0 Å². The monoisotopic (exact) mass is 519 g/mol. The molecule has 2 aliphatic heterocycles. The van der Waals surface area contributed by atoms with Crippen LogP contribution in [0, 0.1) is 5.92 Å². The predicted molar refractivity (Wildman–Crippen MR) is 130 cm³/mol. The molecule has 2 heterocycles. The standard InChI is InChI=1S/C23H37NO8S2/c1-13-11-9-8-10-12-33-22-21(31-16(4)27)20(30-15(3)26)19(29-14(2)25)18(32-22)17(13)24-34(28)23(5,6)7/h9,11,13,17-22,24H,8,10,12H2,1-7H3/b11-9-/t13-,17-,18-,19+,20+,21-,22-,34-/m1/s1. The van der Waals surface area contributed by atoms with Gasteiger partial charge in [-0.05, 0) is 45.3 Å². The van der Waals surface area contributed by atoms with Crippen molar-refractivity contribution in [2.75, 3.05) is 5.75 Å². The molecule has 1 saturated heterocycles. The molecular formula is C23H37NO8S2. The van der Waals surface area contributed by atoms with Crippen LogP contribution in [-0.4, -0.2) is 68.5 Å². The molecule has 8 atom stereocenters. The Labute approximate surface area is 208 Å². The molecule has 1 fully saturated rings. The number of carbonyl (C=O) groups is 3. The van der Waals surface area contributed by atoms with Gasteiger partial charge >= 0.3 is 17.9 Å². The molecule has 0 aromatic rings. The zero-order valence-corrected chi connectivity index (χ0v) is 22.5. The van der Waals surface area contributed by atoms with Crippen LogP contribution in [0.1, 0.15) is 61.3 Å². The van der Waals surface area contributed by atoms with Crippen LogP contribution in [0.15, 0.2) is 12.2 Å². The van der Waals surface area contributed by atoms with Gasteiger partial charge in [-0.1, -0.05) is 19.1 Å². The fourth-order valence-electron chi connectivity index (χ4n) is 3.83. The van der Waals surface area contributed by atoms with Crippen LogP contribution in [0.3, 0.4) is 0 Å². The third kappa shape index (κ3) is 8.07. The molecule has 0 unspecified atom stereocenters. The molecule has 1 N–H and O–H groups in total. The lowest BCUT2D eigenvalue weighted by Crippen LogP contribution is -2.66. The Balaban J connectivity index is 2.61. The highest BCUT2D eigenvalue weighted by atomic mass is 32.2. The van der Waals surface area contributed by atoms with Crippen molar-refractivity contribution < 1.29 is 37.5 Å². The van der Waals surface area contributed by atoms with Gasteiger partial charge in [0.2, 0.25) is 0 Å². The van der Waals surface area contributed by atoms with Gasteiger partial charge in [-0.2, -0.15) is 0 Å². The van der Waals surface area contributed by atoms with Crippen LogP contribution < -0.4 is 4.72 Å². The summed E-state index contributed by atoms with van der Waals surface area (Å²) in [6.45, 7) is 11.3. The van der Waals surface area contributed by atoms with Crippen LogP contribution in [0.5, 0.6) is 0 Å². The summed E-state index contributed by atoms with van der Waals surface area (Å²) in [6.07, 6.45) is 1.80. The molecule has 34 heavy (non-hydrogen) atoms. The molecule has 0 aromatic carbocycles. The van der Waals surface area contributed by atoms with Crippen molar-refractivity contribution in [3.63, 3.8) is 0 Å². The summed E-state index contributed by atoms with van der Waals surface area (Å²) in [6, 6.07) is -0.557. The minimum Gasteiger partial charge on any atom is -0.456 e. The van der Waals surface area contributed by atoms with Gasteiger partial charge in [0, 0.05) is 20.8 Å². The van der Waals surface area contributed by atoms with E-state index in [-0.39, 0.29) is 5.92 Å².